The van der Waals surface area contributed by atoms with Gasteiger partial charge in [-0.05, 0) is 51.4 Å². The van der Waals surface area contributed by atoms with Gasteiger partial charge in [-0.25, -0.2) is 0 Å². The molecule has 0 aromatic heterocycles. The van der Waals surface area contributed by atoms with E-state index in [0.29, 0.717) is 19.3 Å². The Morgan fingerprint density at radius 2 is 0.450 bits per heavy atom. The second kappa shape index (κ2) is 69.4. The van der Waals surface area contributed by atoms with Gasteiger partial charge < -0.3 is 14.2 Å². The second-order valence-electron chi connectivity index (χ2n) is 24.9. The second-order valence-corrected chi connectivity index (χ2v) is 24.9. The van der Waals surface area contributed by atoms with Crippen LogP contribution in [0.4, 0.5) is 0 Å². The highest BCUT2D eigenvalue weighted by molar-refractivity contribution is 5.71. The van der Waals surface area contributed by atoms with Crippen LogP contribution in [0.5, 0.6) is 0 Å². The smallest absolute Gasteiger partial charge is 0.306 e. The summed E-state index contributed by atoms with van der Waals surface area (Å²) in [4.78, 5) is 38.3. The first-order valence-corrected chi connectivity index (χ1v) is 36.3. The van der Waals surface area contributed by atoms with E-state index in [2.05, 4.69) is 45.1 Å². The molecule has 0 bridgehead atoms. The van der Waals surface area contributed by atoms with E-state index < -0.39 is 6.10 Å². The third kappa shape index (κ3) is 66.7. The lowest BCUT2D eigenvalue weighted by atomic mass is 10.0. The fourth-order valence-corrected chi connectivity index (χ4v) is 11.2. The van der Waals surface area contributed by atoms with Crippen LogP contribution in [0.1, 0.15) is 412 Å². The van der Waals surface area contributed by atoms with Crippen molar-refractivity contribution in [1.29, 1.82) is 0 Å². The molecule has 0 aliphatic rings. The maximum absolute atomic E-state index is 12.9. The van der Waals surface area contributed by atoms with Crippen LogP contribution >= 0.6 is 0 Å². The number of ether oxygens (including phenoxy) is 3. The largest absolute Gasteiger partial charge is 0.462 e. The molecule has 0 aliphatic carbocycles. The summed E-state index contributed by atoms with van der Waals surface area (Å²) in [7, 11) is 0. The van der Waals surface area contributed by atoms with E-state index in [1.54, 1.807) is 0 Å². The molecule has 0 spiro atoms. The lowest BCUT2D eigenvalue weighted by Crippen LogP contribution is -2.30. The van der Waals surface area contributed by atoms with Gasteiger partial charge in [0.1, 0.15) is 13.2 Å². The third-order valence-corrected chi connectivity index (χ3v) is 16.7. The lowest BCUT2D eigenvalue weighted by molar-refractivity contribution is -0.167. The molecule has 1 unspecified atom stereocenters. The minimum absolute atomic E-state index is 0.0626. The Morgan fingerprint density at radius 1 is 0.250 bits per heavy atom. The van der Waals surface area contributed by atoms with Crippen LogP contribution in [0.25, 0.3) is 0 Å². The maximum Gasteiger partial charge on any atom is 0.306 e. The minimum atomic E-state index is -0.764. The molecule has 80 heavy (non-hydrogen) atoms. The van der Waals surface area contributed by atoms with E-state index in [1.165, 1.54) is 308 Å². The van der Waals surface area contributed by atoms with E-state index >= 15 is 0 Å². The van der Waals surface area contributed by atoms with Gasteiger partial charge in [0.25, 0.3) is 0 Å². The molecule has 472 valence electrons. The summed E-state index contributed by atoms with van der Waals surface area (Å²) in [6.45, 7) is 6.70. The zero-order valence-electron chi connectivity index (χ0n) is 54.4. The highest BCUT2D eigenvalue weighted by Crippen LogP contribution is 2.19. The first kappa shape index (κ1) is 77.9. The van der Waals surface area contributed by atoms with Gasteiger partial charge in [-0.2, -0.15) is 0 Å². The van der Waals surface area contributed by atoms with Crippen molar-refractivity contribution >= 4 is 17.9 Å². The molecule has 1 atom stereocenters. The summed E-state index contributed by atoms with van der Waals surface area (Å²) in [6, 6.07) is 0. The normalized spacial score (nSPS) is 12.1. The van der Waals surface area contributed by atoms with Gasteiger partial charge in [-0.1, -0.05) is 366 Å². The van der Waals surface area contributed by atoms with Crippen molar-refractivity contribution in [1.82, 2.24) is 0 Å². The van der Waals surface area contributed by atoms with Gasteiger partial charge in [0, 0.05) is 19.3 Å². The predicted molar refractivity (Wildman–Crippen MR) is 349 cm³/mol. The van der Waals surface area contributed by atoms with Crippen LogP contribution in [0, 0.1) is 0 Å². The van der Waals surface area contributed by atoms with Gasteiger partial charge in [0.05, 0.1) is 0 Å². The van der Waals surface area contributed by atoms with E-state index in [0.717, 1.165) is 64.2 Å². The average Bonchev–Trinajstić information content (AvgIpc) is 3.46. The molecule has 0 N–H and O–H groups in total. The Labute approximate surface area is 500 Å². The molecule has 0 radical (unpaired) electrons. The molecule has 0 aromatic carbocycles. The van der Waals surface area contributed by atoms with Crippen molar-refractivity contribution in [3.8, 4) is 0 Å². The van der Waals surface area contributed by atoms with Crippen molar-refractivity contribution in [2.24, 2.45) is 0 Å². The van der Waals surface area contributed by atoms with Crippen LogP contribution in [-0.2, 0) is 28.6 Å². The Bertz CT molecular complexity index is 1290. The number of carbonyl (C=O) groups is 3. The molecule has 0 fully saturated rings. The Morgan fingerprint density at radius 3 is 0.688 bits per heavy atom. The number of rotatable bonds is 68. The molecule has 0 aliphatic heterocycles. The number of esters is 3. The summed E-state index contributed by atoms with van der Waals surface area (Å²) in [6.07, 6.45) is 85.2. The molecule has 0 saturated carbocycles. The lowest BCUT2D eigenvalue weighted by Gasteiger charge is -2.18. The number of hydrogen-bond donors (Lipinski definition) is 0. The quantitative estimate of drug-likeness (QED) is 0.0261. The maximum atomic E-state index is 12.9. The highest BCUT2D eigenvalue weighted by Gasteiger charge is 2.19. The third-order valence-electron chi connectivity index (χ3n) is 16.7. The number of allylic oxidation sites excluding steroid dienone is 4. The Balaban J connectivity index is 4.01. The van der Waals surface area contributed by atoms with Crippen LogP contribution < -0.4 is 0 Å². The fraction of sp³-hybridized carbons (Fsp3) is 0.905. The van der Waals surface area contributed by atoms with Crippen LogP contribution in [0.3, 0.4) is 0 Å². The first-order valence-electron chi connectivity index (χ1n) is 36.3. The highest BCUT2D eigenvalue weighted by atomic mass is 16.6. The fourth-order valence-electron chi connectivity index (χ4n) is 11.2. The summed E-state index contributed by atoms with van der Waals surface area (Å²) < 4.78 is 17.0. The van der Waals surface area contributed by atoms with E-state index in [4.69, 9.17) is 14.2 Å². The van der Waals surface area contributed by atoms with Gasteiger partial charge >= 0.3 is 17.9 Å². The van der Waals surface area contributed by atoms with Gasteiger partial charge in [0.2, 0.25) is 0 Å². The van der Waals surface area contributed by atoms with Gasteiger partial charge in [-0.15, -0.1) is 0 Å². The summed E-state index contributed by atoms with van der Waals surface area (Å²) in [5, 5.41) is 0. The predicted octanol–water partition coefficient (Wildman–Crippen LogP) is 25.0. The Kier molecular flexibility index (Phi) is 67.6. The molecule has 0 saturated heterocycles. The number of hydrogen-bond acceptors (Lipinski definition) is 6. The summed E-state index contributed by atoms with van der Waals surface area (Å²) >= 11 is 0. The molecule has 0 amide bonds. The van der Waals surface area contributed by atoms with Crippen molar-refractivity contribution in [2.75, 3.05) is 13.2 Å². The van der Waals surface area contributed by atoms with E-state index in [9.17, 15) is 14.4 Å². The zero-order chi connectivity index (χ0) is 57.8. The van der Waals surface area contributed by atoms with Crippen molar-refractivity contribution < 1.29 is 28.6 Å². The van der Waals surface area contributed by atoms with Crippen molar-refractivity contribution in [2.45, 2.75) is 419 Å². The van der Waals surface area contributed by atoms with Crippen LogP contribution in [0.15, 0.2) is 24.3 Å². The minimum Gasteiger partial charge on any atom is -0.462 e. The SMILES string of the molecule is CCCCCCC/C=C\C/C=C\CCCCCCCCCCCCCCCCCCCCCCCCCC(=O)OCC(COC(=O)CCCCCCCCCCCCCC)OC(=O)CCCCCCCCCCCCCCCCC. The van der Waals surface area contributed by atoms with E-state index in [1.807, 2.05) is 0 Å². The molecule has 6 nitrogen and oxygen atoms in total. The molecule has 6 heteroatoms. The molecular weight excluding hydrogens is 985 g/mol. The zero-order valence-corrected chi connectivity index (χ0v) is 54.4. The van der Waals surface area contributed by atoms with Crippen molar-refractivity contribution in [3.63, 3.8) is 0 Å². The molecular formula is C74H140O6. The molecule has 0 rings (SSSR count). The topological polar surface area (TPSA) is 78.9 Å². The van der Waals surface area contributed by atoms with Gasteiger partial charge in [-0.3, -0.25) is 14.4 Å². The monoisotopic (exact) mass is 1130 g/mol. The number of carbonyl (C=O) groups excluding carboxylic acids is 3. The van der Waals surface area contributed by atoms with Crippen molar-refractivity contribution in [3.05, 3.63) is 24.3 Å². The van der Waals surface area contributed by atoms with Crippen LogP contribution in [0.2, 0.25) is 0 Å². The van der Waals surface area contributed by atoms with Crippen LogP contribution in [-0.4, -0.2) is 37.2 Å². The first-order chi connectivity index (χ1) is 39.5. The molecule has 0 heterocycles. The number of unbranched alkanes of at least 4 members (excludes halogenated alkanes) is 53. The van der Waals surface area contributed by atoms with E-state index in [-0.39, 0.29) is 31.1 Å². The van der Waals surface area contributed by atoms with Gasteiger partial charge in [0.15, 0.2) is 6.10 Å². The molecule has 0 aromatic rings. The summed E-state index contributed by atoms with van der Waals surface area (Å²) in [5.74, 6) is -0.830. The average molecular weight is 1130 g/mol. The summed E-state index contributed by atoms with van der Waals surface area (Å²) in [5.41, 5.74) is 0. The standard InChI is InChI=1S/C74H140O6/c1-4-7-10-13-16-19-22-25-27-28-29-30-31-32-33-34-35-36-37-38-39-40-41-42-43-44-45-46-48-49-52-55-58-61-64-67-73(76)79-70-71(69-78-72(75)66-63-60-57-54-51-24-21-18-15-12-9-6-3)80-74(77)68-65-62-59-56-53-50-47-26-23-20-17-14-11-8-5-2/h22,25,28-29,71H,4-21,23-24,26-27,30-70H2,1-3H3/b25-22-,29-28-. The Hall–Kier alpha value is -2.11.